The summed E-state index contributed by atoms with van der Waals surface area (Å²) in [5.74, 6) is 0. The molecule has 9 heteroatoms. The number of alkyl halides is 3. The van der Waals surface area contributed by atoms with Crippen molar-refractivity contribution in [1.29, 1.82) is 0 Å². The normalized spacial score (nSPS) is 18.9. The topological polar surface area (TPSA) is 64.1 Å². The molecule has 2 rings (SSSR count). The van der Waals surface area contributed by atoms with E-state index in [1.165, 1.54) is 6.54 Å². The van der Waals surface area contributed by atoms with E-state index in [0.29, 0.717) is 0 Å². The van der Waals surface area contributed by atoms with Crippen LogP contribution in [-0.2, 0) is 10.1 Å². The molecule has 0 spiro atoms. The lowest BCUT2D eigenvalue weighted by Gasteiger charge is -2.08. The van der Waals surface area contributed by atoms with Crippen LogP contribution >= 0.6 is 0 Å². The van der Waals surface area contributed by atoms with Crippen molar-refractivity contribution in [3.63, 3.8) is 0 Å². The Morgan fingerprint density at radius 3 is 1.94 bits per heavy atom. The second kappa shape index (κ2) is 5.11. The van der Waals surface area contributed by atoms with Gasteiger partial charge in [-0.25, -0.2) is 8.42 Å². The zero-order chi connectivity index (χ0) is 14.0. The third-order valence-electron chi connectivity index (χ3n) is 2.11. The zero-order valence-corrected chi connectivity index (χ0v) is 10.1. The molecule has 102 valence electrons. The van der Waals surface area contributed by atoms with Crippen LogP contribution in [0.5, 0.6) is 0 Å². The number of halogens is 3. The summed E-state index contributed by atoms with van der Waals surface area (Å²) in [4.78, 5) is 0. The van der Waals surface area contributed by atoms with Gasteiger partial charge >= 0.3 is 5.51 Å². The summed E-state index contributed by atoms with van der Waals surface area (Å²) in [6.45, 7) is 3.41. The summed E-state index contributed by atoms with van der Waals surface area (Å²) in [7, 11) is -6.09. The van der Waals surface area contributed by atoms with E-state index in [1.54, 1.807) is 0 Å². The van der Waals surface area contributed by atoms with Crippen molar-refractivity contribution in [1.82, 2.24) is 0 Å². The van der Waals surface area contributed by atoms with Gasteiger partial charge in [-0.05, 0) is 6.92 Å². The minimum atomic E-state index is -6.09. The maximum absolute atomic E-state index is 10.7. The minimum Gasteiger partial charge on any atom is -0.741 e. The Labute approximate surface area is 102 Å². The van der Waals surface area contributed by atoms with Gasteiger partial charge in [0.25, 0.3) is 0 Å². The molecule has 2 heterocycles. The van der Waals surface area contributed by atoms with E-state index >= 15 is 0 Å². The summed E-state index contributed by atoms with van der Waals surface area (Å²) < 4.78 is 61.0. The van der Waals surface area contributed by atoms with Gasteiger partial charge in [0.05, 0.1) is 6.54 Å². The molecule has 1 unspecified atom stereocenters. The van der Waals surface area contributed by atoms with Crippen molar-refractivity contribution in [2.75, 3.05) is 11.6 Å². The van der Waals surface area contributed by atoms with Crippen LogP contribution in [0, 0.1) is 0 Å². The molecule has 18 heavy (non-hydrogen) atoms. The third kappa shape index (κ3) is 4.15. The first-order valence-electron chi connectivity index (χ1n) is 4.88. The Hall–Kier alpha value is -1.35. The number of hydrogen-bond acceptors (Lipinski definition) is 4. The molecule has 0 saturated carbocycles. The van der Waals surface area contributed by atoms with Crippen molar-refractivity contribution in [2.24, 2.45) is 0 Å². The summed E-state index contributed by atoms with van der Waals surface area (Å²) >= 11 is 0. The average molecular weight is 284 g/mol. The Bertz CT molecular complexity index is 490. The monoisotopic (exact) mass is 284 g/mol. The van der Waals surface area contributed by atoms with Crippen LogP contribution in [0.3, 0.4) is 0 Å². The Morgan fingerprint density at radius 2 is 1.67 bits per heavy atom. The van der Waals surface area contributed by atoms with Gasteiger partial charge in [-0.1, -0.05) is 10.7 Å². The lowest BCUT2D eigenvalue weighted by Crippen LogP contribution is -2.45. The molecule has 0 N–H and O–H groups in total. The molecule has 1 aliphatic rings. The highest BCUT2D eigenvalue weighted by Crippen LogP contribution is 2.20. The first-order valence-corrected chi connectivity index (χ1v) is 6.29. The van der Waals surface area contributed by atoms with Crippen LogP contribution in [0.1, 0.15) is 6.92 Å². The predicted molar refractivity (Wildman–Crippen MR) is 54.9 cm³/mol. The van der Waals surface area contributed by atoms with E-state index < -0.39 is 15.6 Å². The maximum Gasteiger partial charge on any atom is 0.485 e. The van der Waals surface area contributed by atoms with Crippen LogP contribution in [-0.4, -0.2) is 31.1 Å². The first kappa shape index (κ1) is 14.7. The molecular formula is C9H11F3N2O3S. The number of aromatic nitrogens is 1. The largest absolute Gasteiger partial charge is 0.741 e. The first-order chi connectivity index (χ1) is 8.13. The quantitative estimate of drug-likeness (QED) is 0.323. The zero-order valence-electron chi connectivity index (χ0n) is 9.33. The van der Waals surface area contributed by atoms with Gasteiger partial charge in [0.2, 0.25) is 0 Å². The van der Waals surface area contributed by atoms with E-state index in [4.69, 9.17) is 13.0 Å². The molecule has 5 nitrogen and oxygen atoms in total. The van der Waals surface area contributed by atoms with Gasteiger partial charge < -0.3 is 4.55 Å². The lowest BCUT2D eigenvalue weighted by atomic mass is 10.5. The van der Waals surface area contributed by atoms with E-state index in [9.17, 15) is 13.2 Å². The predicted octanol–water partition coefficient (Wildman–Crippen LogP) is 0.366. The van der Waals surface area contributed by atoms with Crippen molar-refractivity contribution in [3.8, 4) is 0 Å². The highest BCUT2D eigenvalue weighted by Gasteiger charge is 2.37. The highest BCUT2D eigenvalue weighted by molar-refractivity contribution is 7.86. The number of rotatable bonds is 1. The van der Waals surface area contributed by atoms with E-state index in [-0.39, 0.29) is 0 Å². The smallest absolute Gasteiger partial charge is 0.485 e. The van der Waals surface area contributed by atoms with Crippen LogP contribution < -0.4 is 9.69 Å². The number of hydrogen-bond donors (Lipinski definition) is 0. The molecule has 0 amide bonds. The molecule has 1 aliphatic heterocycles. The molecule has 0 aromatic carbocycles. The fourth-order valence-corrected chi connectivity index (χ4v) is 1.11. The van der Waals surface area contributed by atoms with Crippen LogP contribution in [0.15, 0.2) is 30.6 Å². The highest BCUT2D eigenvalue weighted by atomic mass is 32.2. The fraction of sp³-hybridized carbons (Fsp3) is 0.444. The van der Waals surface area contributed by atoms with Crippen molar-refractivity contribution in [2.45, 2.75) is 18.5 Å². The van der Waals surface area contributed by atoms with E-state index in [0.717, 1.165) is 6.04 Å². The van der Waals surface area contributed by atoms with Crippen molar-refractivity contribution in [3.05, 3.63) is 30.6 Å². The van der Waals surface area contributed by atoms with Crippen molar-refractivity contribution >= 4 is 10.1 Å². The Kier molecular flexibility index (Phi) is 4.17. The van der Waals surface area contributed by atoms with E-state index in [2.05, 4.69) is 29.0 Å². The second-order valence-electron chi connectivity index (χ2n) is 3.63. The van der Waals surface area contributed by atoms with Gasteiger partial charge in [-0.3, -0.25) is 0 Å². The van der Waals surface area contributed by atoms with Crippen LogP contribution in [0.25, 0.3) is 0 Å². The van der Waals surface area contributed by atoms with Gasteiger partial charge in [0, 0.05) is 12.1 Å². The standard InChI is InChI=1S/C8H11N2.CHF3O3S/c1-8-7-10(8)9-5-3-2-4-6-9;2-1(3,4)8(5,6)7/h2-6,8H,7H2,1H3;(H,5,6,7)/q+1;/p-1. The molecule has 1 aromatic heterocycles. The molecule has 1 aromatic rings. The number of nitrogens with zero attached hydrogens (tertiary/aromatic N) is 2. The molecule has 1 fully saturated rings. The van der Waals surface area contributed by atoms with Crippen molar-refractivity contribution < 1.29 is 30.8 Å². The average Bonchev–Trinajstić information content (AvgIpc) is 2.95. The third-order valence-corrected chi connectivity index (χ3v) is 2.67. The lowest BCUT2D eigenvalue weighted by molar-refractivity contribution is -0.677. The van der Waals surface area contributed by atoms with Crippen LogP contribution in [0.4, 0.5) is 13.2 Å². The summed E-state index contributed by atoms with van der Waals surface area (Å²) in [5, 5.41) is 2.29. The SMILES string of the molecule is CC1CN1[n+]1ccccc1.O=S(=O)([O-])C(F)(F)F. The molecule has 1 atom stereocenters. The molecular weight excluding hydrogens is 273 g/mol. The van der Waals surface area contributed by atoms with Gasteiger partial charge in [-0.2, -0.15) is 18.2 Å². The maximum atomic E-state index is 10.7. The Morgan fingerprint density at radius 1 is 1.28 bits per heavy atom. The molecule has 1 saturated heterocycles. The van der Waals surface area contributed by atoms with Gasteiger partial charge in [-0.15, -0.1) is 0 Å². The number of pyridine rings is 1. The molecule has 0 radical (unpaired) electrons. The summed E-state index contributed by atoms with van der Waals surface area (Å²) in [5.41, 5.74) is -5.65. The Balaban J connectivity index is 0.000000187. The molecule has 0 aliphatic carbocycles. The minimum absolute atomic E-state index is 0.729. The summed E-state index contributed by atoms with van der Waals surface area (Å²) in [6, 6.07) is 6.85. The van der Waals surface area contributed by atoms with Gasteiger partial charge in [0.15, 0.2) is 22.5 Å². The summed E-state index contributed by atoms with van der Waals surface area (Å²) in [6.07, 6.45) is 4.15. The van der Waals surface area contributed by atoms with Gasteiger partial charge in [0.1, 0.15) is 6.04 Å². The molecule has 0 bridgehead atoms. The van der Waals surface area contributed by atoms with Crippen LogP contribution in [0.2, 0.25) is 0 Å². The second-order valence-corrected chi connectivity index (χ2v) is 5.00. The van der Waals surface area contributed by atoms with E-state index in [1.807, 2.05) is 18.2 Å². The fourth-order valence-electron chi connectivity index (χ4n) is 1.11.